The Morgan fingerprint density at radius 2 is 2.25 bits per heavy atom. The summed E-state index contributed by atoms with van der Waals surface area (Å²) in [6, 6.07) is 0.680. The van der Waals surface area contributed by atoms with E-state index in [0.29, 0.717) is 18.6 Å². The second-order valence-corrected chi connectivity index (χ2v) is 4.57. The monoisotopic (exact) mass is 230 g/mol. The highest BCUT2D eigenvalue weighted by Crippen LogP contribution is 2.16. The smallest absolute Gasteiger partial charge is 0.0698 e. The molecule has 0 saturated carbocycles. The maximum Gasteiger partial charge on any atom is 0.0698 e. The molecule has 1 saturated heterocycles. The SMILES string of the molecule is CCNC1CCN(CCOCCO)CC1C. The number of rotatable bonds is 7. The molecule has 16 heavy (non-hydrogen) atoms. The molecule has 1 fully saturated rings. The summed E-state index contributed by atoms with van der Waals surface area (Å²) in [5.41, 5.74) is 0. The summed E-state index contributed by atoms with van der Waals surface area (Å²) in [7, 11) is 0. The topological polar surface area (TPSA) is 44.7 Å². The minimum absolute atomic E-state index is 0.124. The van der Waals surface area contributed by atoms with E-state index in [1.165, 1.54) is 6.42 Å². The highest BCUT2D eigenvalue weighted by Gasteiger charge is 2.24. The fourth-order valence-corrected chi connectivity index (χ4v) is 2.36. The van der Waals surface area contributed by atoms with Crippen molar-refractivity contribution in [2.24, 2.45) is 5.92 Å². The number of aliphatic hydroxyl groups excluding tert-OH is 1. The van der Waals surface area contributed by atoms with Crippen LogP contribution in [-0.2, 0) is 4.74 Å². The molecule has 1 rings (SSSR count). The number of aliphatic hydroxyl groups is 1. The predicted molar refractivity (Wildman–Crippen MR) is 65.6 cm³/mol. The van der Waals surface area contributed by atoms with Gasteiger partial charge in [-0.2, -0.15) is 0 Å². The lowest BCUT2D eigenvalue weighted by molar-refractivity contribution is 0.0587. The number of nitrogens with one attached hydrogen (secondary N) is 1. The zero-order valence-electron chi connectivity index (χ0n) is 10.6. The number of hydrogen-bond acceptors (Lipinski definition) is 4. The summed E-state index contributed by atoms with van der Waals surface area (Å²) >= 11 is 0. The highest BCUT2D eigenvalue weighted by atomic mass is 16.5. The van der Waals surface area contributed by atoms with Gasteiger partial charge >= 0.3 is 0 Å². The van der Waals surface area contributed by atoms with Crippen molar-refractivity contribution in [3.05, 3.63) is 0 Å². The van der Waals surface area contributed by atoms with Gasteiger partial charge in [0, 0.05) is 19.1 Å². The fraction of sp³-hybridized carbons (Fsp3) is 1.00. The van der Waals surface area contributed by atoms with Crippen molar-refractivity contribution in [1.29, 1.82) is 0 Å². The quantitative estimate of drug-likeness (QED) is 0.618. The van der Waals surface area contributed by atoms with Gasteiger partial charge in [-0.25, -0.2) is 0 Å². The molecule has 0 aromatic carbocycles. The Balaban J connectivity index is 2.13. The van der Waals surface area contributed by atoms with Crippen LogP contribution in [0, 0.1) is 5.92 Å². The van der Waals surface area contributed by atoms with Crippen LogP contribution in [0.3, 0.4) is 0 Å². The van der Waals surface area contributed by atoms with E-state index in [2.05, 4.69) is 24.1 Å². The number of hydrogen-bond donors (Lipinski definition) is 2. The lowest BCUT2D eigenvalue weighted by Crippen LogP contribution is -2.48. The number of nitrogens with zero attached hydrogens (tertiary/aromatic N) is 1. The normalized spacial score (nSPS) is 27.2. The average Bonchev–Trinajstić information content (AvgIpc) is 2.28. The van der Waals surface area contributed by atoms with E-state index in [-0.39, 0.29) is 6.61 Å². The molecule has 1 aliphatic heterocycles. The van der Waals surface area contributed by atoms with Crippen LogP contribution in [0.2, 0.25) is 0 Å². The molecule has 2 atom stereocenters. The van der Waals surface area contributed by atoms with E-state index < -0.39 is 0 Å². The van der Waals surface area contributed by atoms with E-state index in [1.807, 2.05) is 0 Å². The first-order chi connectivity index (χ1) is 7.77. The Kier molecular flexibility index (Phi) is 6.96. The molecule has 2 unspecified atom stereocenters. The first kappa shape index (κ1) is 13.9. The summed E-state index contributed by atoms with van der Waals surface area (Å²) in [6.45, 7) is 10.2. The number of ether oxygens (including phenoxy) is 1. The minimum Gasteiger partial charge on any atom is -0.394 e. The van der Waals surface area contributed by atoms with Gasteiger partial charge in [0.15, 0.2) is 0 Å². The molecule has 0 bridgehead atoms. The van der Waals surface area contributed by atoms with Crippen molar-refractivity contribution in [3.63, 3.8) is 0 Å². The Bertz CT molecular complexity index is 176. The minimum atomic E-state index is 0.124. The third kappa shape index (κ3) is 4.78. The van der Waals surface area contributed by atoms with E-state index in [4.69, 9.17) is 9.84 Å². The molecule has 1 heterocycles. The third-order valence-electron chi connectivity index (χ3n) is 3.24. The molecule has 4 heteroatoms. The average molecular weight is 230 g/mol. The Hall–Kier alpha value is -0.160. The molecule has 4 nitrogen and oxygen atoms in total. The fourth-order valence-electron chi connectivity index (χ4n) is 2.36. The second-order valence-electron chi connectivity index (χ2n) is 4.57. The van der Waals surface area contributed by atoms with Gasteiger partial charge < -0.3 is 20.1 Å². The van der Waals surface area contributed by atoms with Crippen LogP contribution in [0.5, 0.6) is 0 Å². The zero-order chi connectivity index (χ0) is 11.8. The van der Waals surface area contributed by atoms with Gasteiger partial charge in [-0.15, -0.1) is 0 Å². The van der Waals surface area contributed by atoms with Crippen LogP contribution in [0.25, 0.3) is 0 Å². The Labute approximate surface area is 99.0 Å². The van der Waals surface area contributed by atoms with Gasteiger partial charge in [-0.3, -0.25) is 0 Å². The maximum atomic E-state index is 8.59. The standard InChI is InChI=1S/C12H26N2O2/c1-3-13-12-4-5-14(10-11(12)2)6-8-16-9-7-15/h11-13,15H,3-10H2,1-2H3. The van der Waals surface area contributed by atoms with Crippen molar-refractivity contribution in [2.45, 2.75) is 26.3 Å². The van der Waals surface area contributed by atoms with Crippen LogP contribution in [-0.4, -0.2) is 62.0 Å². The predicted octanol–water partition coefficient (Wildman–Crippen LogP) is 0.315. The van der Waals surface area contributed by atoms with Gasteiger partial charge in [0.1, 0.15) is 0 Å². The summed E-state index contributed by atoms with van der Waals surface area (Å²) in [6.07, 6.45) is 1.23. The highest BCUT2D eigenvalue weighted by molar-refractivity contribution is 4.82. The maximum absolute atomic E-state index is 8.59. The molecule has 0 amide bonds. The van der Waals surface area contributed by atoms with Crippen LogP contribution in [0.15, 0.2) is 0 Å². The summed E-state index contributed by atoms with van der Waals surface area (Å²) < 4.78 is 5.29. The van der Waals surface area contributed by atoms with Gasteiger partial charge in [-0.1, -0.05) is 13.8 Å². The summed E-state index contributed by atoms with van der Waals surface area (Å²) in [5.74, 6) is 0.714. The Morgan fingerprint density at radius 3 is 2.88 bits per heavy atom. The lowest BCUT2D eigenvalue weighted by Gasteiger charge is -2.37. The molecule has 0 aromatic heterocycles. The molecule has 0 aliphatic carbocycles. The third-order valence-corrected chi connectivity index (χ3v) is 3.24. The Morgan fingerprint density at radius 1 is 1.44 bits per heavy atom. The summed E-state index contributed by atoms with van der Waals surface area (Å²) in [4.78, 5) is 2.45. The van der Waals surface area contributed by atoms with Crippen LogP contribution in [0.4, 0.5) is 0 Å². The molecule has 0 radical (unpaired) electrons. The summed E-state index contributed by atoms with van der Waals surface area (Å²) in [5, 5.41) is 12.1. The van der Waals surface area contributed by atoms with Crippen LogP contribution in [0.1, 0.15) is 20.3 Å². The van der Waals surface area contributed by atoms with Gasteiger partial charge in [0.2, 0.25) is 0 Å². The first-order valence-electron chi connectivity index (χ1n) is 6.42. The number of likely N-dealkylation sites (tertiary alicyclic amines) is 1. The van der Waals surface area contributed by atoms with Crippen molar-refractivity contribution >= 4 is 0 Å². The van der Waals surface area contributed by atoms with Crippen molar-refractivity contribution in [1.82, 2.24) is 10.2 Å². The van der Waals surface area contributed by atoms with Crippen LogP contribution >= 0.6 is 0 Å². The second kappa shape index (κ2) is 8.01. The van der Waals surface area contributed by atoms with E-state index in [9.17, 15) is 0 Å². The number of piperidine rings is 1. The largest absolute Gasteiger partial charge is 0.394 e. The van der Waals surface area contributed by atoms with Gasteiger partial charge in [-0.05, 0) is 25.4 Å². The lowest BCUT2D eigenvalue weighted by atomic mass is 9.94. The van der Waals surface area contributed by atoms with E-state index in [0.717, 1.165) is 32.8 Å². The van der Waals surface area contributed by atoms with Crippen molar-refractivity contribution < 1.29 is 9.84 Å². The van der Waals surface area contributed by atoms with Gasteiger partial charge in [0.05, 0.1) is 19.8 Å². The molecule has 0 spiro atoms. The molecular formula is C12H26N2O2. The van der Waals surface area contributed by atoms with Crippen LogP contribution < -0.4 is 5.32 Å². The zero-order valence-corrected chi connectivity index (χ0v) is 10.6. The molecule has 96 valence electrons. The van der Waals surface area contributed by atoms with Gasteiger partial charge in [0.25, 0.3) is 0 Å². The van der Waals surface area contributed by atoms with E-state index >= 15 is 0 Å². The van der Waals surface area contributed by atoms with Crippen molar-refractivity contribution in [3.8, 4) is 0 Å². The van der Waals surface area contributed by atoms with Crippen molar-refractivity contribution in [2.75, 3.05) is 46.0 Å². The molecule has 0 aromatic rings. The van der Waals surface area contributed by atoms with E-state index in [1.54, 1.807) is 0 Å². The molecule has 1 aliphatic rings. The first-order valence-corrected chi connectivity index (χ1v) is 6.42. The molecule has 2 N–H and O–H groups in total. The molecular weight excluding hydrogens is 204 g/mol.